The van der Waals surface area contributed by atoms with Crippen molar-refractivity contribution in [3.05, 3.63) is 53.5 Å². The number of nitriles is 1. The minimum atomic E-state index is -2.90. The van der Waals surface area contributed by atoms with E-state index in [-0.39, 0.29) is 11.2 Å². The summed E-state index contributed by atoms with van der Waals surface area (Å²) in [5.74, 6) is 0.530. The van der Waals surface area contributed by atoms with Gasteiger partial charge in [-0.3, -0.25) is 4.98 Å². The van der Waals surface area contributed by atoms with Crippen LogP contribution in [0.1, 0.15) is 23.4 Å². The number of halogens is 2. The summed E-state index contributed by atoms with van der Waals surface area (Å²) in [4.78, 5) is 10.7. The van der Waals surface area contributed by atoms with Crippen molar-refractivity contribution >= 4 is 22.4 Å². The smallest absolute Gasteiger partial charge is 0.283 e. The first-order valence-corrected chi connectivity index (χ1v) is 9.38. The first-order valence-electron chi connectivity index (χ1n) is 9.38. The Balaban J connectivity index is 1.89. The zero-order valence-corrected chi connectivity index (χ0v) is 15.9. The number of alkyl halides is 2. The van der Waals surface area contributed by atoms with Gasteiger partial charge in [-0.05, 0) is 24.6 Å². The summed E-state index contributed by atoms with van der Waals surface area (Å²) < 4.78 is 28.4. The number of hydrogen-bond acceptors (Lipinski definition) is 6. The predicted octanol–water partition coefficient (Wildman–Crippen LogP) is 3.24. The SMILES string of the molecule is Cc1nc2c(C#N)c(C(F)F)nn2c(N2CC(O)C2)c1-c1ccnc2ccccc12. The lowest BCUT2D eigenvalue weighted by Gasteiger charge is -2.39. The van der Waals surface area contributed by atoms with Gasteiger partial charge in [0.15, 0.2) is 5.65 Å². The number of benzene rings is 1. The zero-order chi connectivity index (χ0) is 21.0. The lowest BCUT2D eigenvalue weighted by Crippen LogP contribution is -2.51. The molecule has 1 N–H and O–H groups in total. The maximum Gasteiger partial charge on any atom is 0.283 e. The normalized spacial score (nSPS) is 14.5. The van der Waals surface area contributed by atoms with Crippen LogP contribution in [0.3, 0.4) is 0 Å². The van der Waals surface area contributed by atoms with Gasteiger partial charge in [0.05, 0.1) is 17.3 Å². The van der Waals surface area contributed by atoms with Crippen molar-refractivity contribution in [1.29, 1.82) is 5.26 Å². The summed E-state index contributed by atoms with van der Waals surface area (Å²) >= 11 is 0. The number of hydrogen-bond donors (Lipinski definition) is 1. The van der Waals surface area contributed by atoms with Gasteiger partial charge in [0.25, 0.3) is 6.43 Å². The molecule has 0 bridgehead atoms. The number of rotatable bonds is 3. The van der Waals surface area contributed by atoms with Crippen LogP contribution in [-0.2, 0) is 0 Å². The van der Waals surface area contributed by atoms with Gasteiger partial charge in [0, 0.05) is 30.2 Å². The fraction of sp³-hybridized carbons (Fsp3) is 0.238. The molecule has 1 aromatic carbocycles. The maximum atomic E-state index is 13.6. The average Bonchev–Trinajstić information content (AvgIpc) is 3.09. The number of anilines is 1. The minimum Gasteiger partial charge on any atom is -0.389 e. The summed E-state index contributed by atoms with van der Waals surface area (Å²) in [6.45, 7) is 2.45. The van der Waals surface area contributed by atoms with E-state index in [2.05, 4.69) is 15.1 Å². The second-order valence-corrected chi connectivity index (χ2v) is 7.24. The second-order valence-electron chi connectivity index (χ2n) is 7.24. The molecular formula is C21H16F2N6O. The first kappa shape index (κ1) is 18.4. The van der Waals surface area contributed by atoms with E-state index in [1.807, 2.05) is 41.3 Å². The van der Waals surface area contributed by atoms with Crippen molar-refractivity contribution in [1.82, 2.24) is 19.6 Å². The Morgan fingerprint density at radius 1 is 1.23 bits per heavy atom. The van der Waals surface area contributed by atoms with Crippen molar-refractivity contribution in [2.24, 2.45) is 0 Å². The number of nitrogens with zero attached hydrogens (tertiary/aromatic N) is 6. The number of β-amino-alcohol motifs (C(OH)–C–C–N with tert-alkyl or cyclic N) is 1. The minimum absolute atomic E-state index is 0.0869. The lowest BCUT2D eigenvalue weighted by molar-refractivity contribution is 0.140. The topological polar surface area (TPSA) is 90.3 Å². The van der Waals surface area contributed by atoms with Gasteiger partial charge >= 0.3 is 0 Å². The van der Waals surface area contributed by atoms with Gasteiger partial charge in [0.2, 0.25) is 0 Å². The highest BCUT2D eigenvalue weighted by Crippen LogP contribution is 2.40. The molecule has 7 nitrogen and oxygen atoms in total. The fourth-order valence-electron chi connectivity index (χ4n) is 3.97. The van der Waals surface area contributed by atoms with Crippen molar-refractivity contribution in [3.63, 3.8) is 0 Å². The number of fused-ring (bicyclic) bond motifs is 2. The van der Waals surface area contributed by atoms with Crippen LogP contribution in [0.25, 0.3) is 27.7 Å². The number of aliphatic hydroxyl groups is 1. The molecule has 1 aliphatic heterocycles. The lowest BCUT2D eigenvalue weighted by atomic mass is 9.98. The zero-order valence-electron chi connectivity index (χ0n) is 15.9. The van der Waals surface area contributed by atoms with E-state index in [4.69, 9.17) is 0 Å². The Morgan fingerprint density at radius 2 is 2.00 bits per heavy atom. The van der Waals surface area contributed by atoms with Crippen LogP contribution in [0, 0.1) is 18.3 Å². The van der Waals surface area contributed by atoms with E-state index in [1.165, 1.54) is 4.52 Å². The molecule has 0 saturated carbocycles. The monoisotopic (exact) mass is 406 g/mol. The third-order valence-corrected chi connectivity index (χ3v) is 5.35. The molecule has 150 valence electrons. The van der Waals surface area contributed by atoms with Gasteiger partial charge in [0.1, 0.15) is 23.1 Å². The Morgan fingerprint density at radius 3 is 2.70 bits per heavy atom. The molecule has 0 aliphatic carbocycles. The van der Waals surface area contributed by atoms with Gasteiger partial charge in [-0.25, -0.2) is 13.8 Å². The Labute approximate surface area is 169 Å². The van der Waals surface area contributed by atoms with Gasteiger partial charge in [-0.1, -0.05) is 18.2 Å². The second kappa shape index (κ2) is 6.71. The molecule has 9 heteroatoms. The third-order valence-electron chi connectivity index (χ3n) is 5.35. The molecule has 1 fully saturated rings. The van der Waals surface area contributed by atoms with E-state index < -0.39 is 18.2 Å². The Bertz CT molecular complexity index is 1330. The highest BCUT2D eigenvalue weighted by Gasteiger charge is 2.33. The quantitative estimate of drug-likeness (QED) is 0.562. The molecule has 4 heterocycles. The summed E-state index contributed by atoms with van der Waals surface area (Å²) in [5, 5.41) is 24.3. The largest absolute Gasteiger partial charge is 0.389 e. The third kappa shape index (κ3) is 2.61. The average molecular weight is 406 g/mol. The molecule has 30 heavy (non-hydrogen) atoms. The summed E-state index contributed by atoms with van der Waals surface area (Å²) in [6.07, 6.45) is -1.73. The molecule has 5 rings (SSSR count). The number of aryl methyl sites for hydroxylation is 1. The summed E-state index contributed by atoms with van der Waals surface area (Å²) in [6, 6.07) is 11.3. The van der Waals surface area contributed by atoms with Crippen LogP contribution in [0.2, 0.25) is 0 Å². The van der Waals surface area contributed by atoms with Crippen molar-refractivity contribution in [2.75, 3.05) is 18.0 Å². The van der Waals surface area contributed by atoms with E-state index in [0.717, 1.165) is 16.5 Å². The standard InChI is InChI=1S/C21H16F2N6O/c1-11-17(14-6-7-25-16-5-3-2-4-13(14)16)21(28-9-12(30)10-28)29-20(26-11)15(8-24)18(27-29)19(22)23/h2-7,12,19,30H,9-10H2,1H3. The maximum absolute atomic E-state index is 13.6. The van der Waals surface area contributed by atoms with E-state index in [9.17, 15) is 19.1 Å². The van der Waals surface area contributed by atoms with Crippen LogP contribution in [-0.4, -0.2) is 43.9 Å². The number of pyridine rings is 1. The highest BCUT2D eigenvalue weighted by molar-refractivity contribution is 5.98. The van der Waals surface area contributed by atoms with Crippen molar-refractivity contribution in [2.45, 2.75) is 19.5 Å². The Hall–Kier alpha value is -3.64. The van der Waals surface area contributed by atoms with E-state index in [1.54, 1.807) is 13.1 Å². The van der Waals surface area contributed by atoms with Gasteiger partial charge in [-0.2, -0.15) is 14.9 Å². The predicted molar refractivity (Wildman–Crippen MR) is 106 cm³/mol. The molecule has 0 radical (unpaired) electrons. The molecular weight excluding hydrogens is 390 g/mol. The molecule has 0 spiro atoms. The van der Waals surface area contributed by atoms with Crippen molar-refractivity contribution < 1.29 is 13.9 Å². The van der Waals surface area contributed by atoms with Crippen LogP contribution >= 0.6 is 0 Å². The first-order chi connectivity index (χ1) is 14.5. The van der Waals surface area contributed by atoms with Gasteiger partial charge in [-0.15, -0.1) is 0 Å². The molecule has 0 atom stereocenters. The molecule has 3 aromatic heterocycles. The van der Waals surface area contributed by atoms with Gasteiger partial charge < -0.3 is 10.0 Å². The van der Waals surface area contributed by atoms with Crippen LogP contribution in [0.15, 0.2) is 36.5 Å². The molecule has 0 unspecified atom stereocenters. The molecule has 1 aliphatic rings. The Kier molecular flexibility index (Phi) is 4.11. The number of aliphatic hydroxyl groups excluding tert-OH is 1. The van der Waals surface area contributed by atoms with Crippen LogP contribution < -0.4 is 4.90 Å². The number of aromatic nitrogens is 4. The number of para-hydroxylation sites is 1. The van der Waals surface area contributed by atoms with Crippen molar-refractivity contribution in [3.8, 4) is 17.2 Å². The molecule has 4 aromatic rings. The summed E-state index contributed by atoms with van der Waals surface area (Å²) in [7, 11) is 0. The van der Waals surface area contributed by atoms with Crippen LogP contribution in [0.5, 0.6) is 0 Å². The molecule has 0 amide bonds. The van der Waals surface area contributed by atoms with E-state index in [0.29, 0.717) is 30.2 Å². The highest BCUT2D eigenvalue weighted by atomic mass is 19.3. The fourth-order valence-corrected chi connectivity index (χ4v) is 3.97. The molecule has 1 saturated heterocycles. The van der Waals surface area contributed by atoms with Crippen LogP contribution in [0.4, 0.5) is 14.6 Å². The summed E-state index contributed by atoms with van der Waals surface area (Å²) in [5.41, 5.74) is 2.16. The van der Waals surface area contributed by atoms with E-state index >= 15 is 0 Å².